The topological polar surface area (TPSA) is 65.0 Å². The Balaban J connectivity index is 2.51. The van der Waals surface area contributed by atoms with E-state index in [4.69, 9.17) is 9.47 Å². The average molecular weight is 473 g/mol. The molecule has 0 bridgehead atoms. The maximum absolute atomic E-state index is 11.1. The first-order valence-corrected chi connectivity index (χ1v) is 12.5. The van der Waals surface area contributed by atoms with E-state index in [9.17, 15) is 9.90 Å². The zero-order chi connectivity index (χ0) is 24.9. The molecule has 0 aliphatic rings. The molecule has 0 aliphatic heterocycles. The molecule has 0 radical (unpaired) electrons. The molecule has 0 unspecified atom stereocenters. The molecule has 2 atom stereocenters. The van der Waals surface area contributed by atoms with E-state index in [1.807, 2.05) is 24.3 Å². The molecular weight excluding hydrogens is 428 g/mol. The molecule has 0 aromatic heterocycles. The molecule has 0 saturated carbocycles. The number of aliphatic hydroxyl groups excluding tert-OH is 1. The molecule has 190 valence electrons. The largest absolute Gasteiger partial charge is 0.497 e. The van der Waals surface area contributed by atoms with Crippen molar-refractivity contribution < 1.29 is 24.1 Å². The summed E-state index contributed by atoms with van der Waals surface area (Å²) >= 11 is 0. The number of methoxy groups -OCH3 is 2. The van der Waals surface area contributed by atoms with Gasteiger partial charge in [0, 0.05) is 6.42 Å². The van der Waals surface area contributed by atoms with E-state index in [-0.39, 0.29) is 12.1 Å². The van der Waals surface area contributed by atoms with Gasteiger partial charge in [0.25, 0.3) is 0 Å². The lowest BCUT2D eigenvalue weighted by Crippen LogP contribution is -2.28. The minimum atomic E-state index is -0.556. The summed E-state index contributed by atoms with van der Waals surface area (Å²) in [4.78, 5) is 11.1. The smallest absolute Gasteiger partial charge is 0.305 e. The number of hydrogen-bond donors (Lipinski definition) is 1. The van der Waals surface area contributed by atoms with Crippen LogP contribution in [-0.4, -0.2) is 37.5 Å². The second-order valence-corrected chi connectivity index (χ2v) is 8.35. The third-order valence-electron chi connectivity index (χ3n) is 5.52. The van der Waals surface area contributed by atoms with Crippen LogP contribution in [0, 0.1) is 0 Å². The van der Waals surface area contributed by atoms with Gasteiger partial charge in [-0.3, -0.25) is 4.79 Å². The van der Waals surface area contributed by atoms with Crippen LogP contribution in [0.15, 0.2) is 60.7 Å². The van der Waals surface area contributed by atoms with Crippen molar-refractivity contribution >= 4 is 5.97 Å². The van der Waals surface area contributed by atoms with Gasteiger partial charge in [-0.1, -0.05) is 68.4 Å². The summed E-state index contributed by atoms with van der Waals surface area (Å²) in [5.41, 5.74) is 1.05. The number of esters is 1. The Labute approximate surface area is 206 Å². The van der Waals surface area contributed by atoms with Crippen LogP contribution in [0.3, 0.4) is 0 Å². The van der Waals surface area contributed by atoms with Gasteiger partial charge in [0.2, 0.25) is 0 Å². The second kappa shape index (κ2) is 20.0. The summed E-state index contributed by atoms with van der Waals surface area (Å²) in [6.45, 7) is 2.65. The zero-order valence-electron chi connectivity index (χ0n) is 21.3. The van der Waals surface area contributed by atoms with Gasteiger partial charge >= 0.3 is 5.97 Å². The van der Waals surface area contributed by atoms with Crippen molar-refractivity contribution in [3.8, 4) is 5.75 Å². The fourth-order valence-electron chi connectivity index (χ4n) is 3.36. The minimum absolute atomic E-state index is 0.164. The number of rotatable bonds is 19. The van der Waals surface area contributed by atoms with Crippen molar-refractivity contribution in [2.75, 3.05) is 14.2 Å². The van der Waals surface area contributed by atoms with Crippen LogP contribution >= 0.6 is 0 Å². The number of allylic oxidation sites excluding steroid dienone is 4. The number of ether oxygens (including phenoxy) is 3. The van der Waals surface area contributed by atoms with E-state index in [1.165, 1.54) is 26.4 Å². The highest BCUT2D eigenvalue weighted by molar-refractivity contribution is 5.69. The summed E-state index contributed by atoms with van der Waals surface area (Å²) in [5.74, 6) is 0.651. The lowest BCUT2D eigenvalue weighted by Gasteiger charge is -2.21. The number of carbonyl (C=O) groups excluding carboxylic acids is 1. The normalized spacial score (nSPS) is 13.6. The first-order chi connectivity index (χ1) is 16.6. The molecule has 34 heavy (non-hydrogen) atoms. The number of unbranched alkanes of at least 4 members (excludes halogenated alkanes) is 4. The van der Waals surface area contributed by atoms with Crippen LogP contribution < -0.4 is 4.74 Å². The molecule has 5 nitrogen and oxygen atoms in total. The highest BCUT2D eigenvalue weighted by atomic mass is 16.5. The van der Waals surface area contributed by atoms with Gasteiger partial charge in [-0.15, -0.1) is 0 Å². The van der Waals surface area contributed by atoms with Gasteiger partial charge in [0.15, 0.2) is 0 Å². The van der Waals surface area contributed by atoms with E-state index in [1.54, 1.807) is 7.11 Å². The maximum atomic E-state index is 11.1. The molecule has 0 spiro atoms. The molecule has 1 N–H and O–H groups in total. The molecule has 1 rings (SSSR count). The summed E-state index contributed by atoms with van der Waals surface area (Å²) in [7, 11) is 3.06. The number of carbonyl (C=O) groups is 1. The van der Waals surface area contributed by atoms with Gasteiger partial charge in [-0.2, -0.15) is 0 Å². The molecule has 0 aliphatic carbocycles. The van der Waals surface area contributed by atoms with Crippen molar-refractivity contribution in [3.63, 3.8) is 0 Å². The Bertz CT molecular complexity index is 721. The van der Waals surface area contributed by atoms with E-state index < -0.39 is 6.10 Å². The van der Waals surface area contributed by atoms with Crippen LogP contribution in [0.1, 0.15) is 76.7 Å². The molecule has 1 aromatic rings. The van der Waals surface area contributed by atoms with E-state index in [0.29, 0.717) is 25.9 Å². The quantitative estimate of drug-likeness (QED) is 0.138. The molecule has 0 amide bonds. The van der Waals surface area contributed by atoms with Crippen molar-refractivity contribution in [1.29, 1.82) is 0 Å². The molecule has 5 heteroatoms. The van der Waals surface area contributed by atoms with Crippen molar-refractivity contribution in [1.82, 2.24) is 0 Å². The monoisotopic (exact) mass is 472 g/mol. The first-order valence-electron chi connectivity index (χ1n) is 12.5. The SMILES string of the molecule is CCCCC/C=C\C[C@@H](O)[C@H](C/C=C\C/C=C\CCCC(=O)OC)OCc1ccc(OC)cc1. The standard InChI is InChI=1S/C29H44O5/c1-4-5-6-7-11-14-17-27(30)28(34-24-25-20-22-26(32-2)23-21-25)18-15-12-9-8-10-13-16-19-29(31)33-3/h8,10-12,14-15,20-23,27-28,30H,4-7,9,13,16-19,24H2,1-3H3/b10-8-,14-11-,15-12-/t27-,28+/m1/s1. The predicted octanol–water partition coefficient (Wildman–Crippen LogP) is 6.70. The summed E-state index contributed by atoms with van der Waals surface area (Å²) in [5, 5.41) is 10.8. The van der Waals surface area contributed by atoms with Crippen molar-refractivity contribution in [2.45, 2.75) is 89.9 Å². The van der Waals surface area contributed by atoms with Crippen molar-refractivity contribution in [3.05, 3.63) is 66.3 Å². The first kappa shape index (κ1) is 29.7. The third kappa shape index (κ3) is 14.7. The van der Waals surface area contributed by atoms with Crippen LogP contribution in [0.4, 0.5) is 0 Å². The lowest BCUT2D eigenvalue weighted by molar-refractivity contribution is -0.140. The molecular formula is C29H44O5. The van der Waals surface area contributed by atoms with Gasteiger partial charge in [0.1, 0.15) is 5.75 Å². The van der Waals surface area contributed by atoms with E-state index >= 15 is 0 Å². The summed E-state index contributed by atoms with van der Waals surface area (Å²) < 4.78 is 16.0. The van der Waals surface area contributed by atoms with Crippen LogP contribution in [-0.2, 0) is 20.9 Å². The van der Waals surface area contributed by atoms with Crippen LogP contribution in [0.2, 0.25) is 0 Å². The van der Waals surface area contributed by atoms with Gasteiger partial charge in [-0.25, -0.2) is 0 Å². The Hall–Kier alpha value is -2.37. The van der Waals surface area contributed by atoms with Gasteiger partial charge in [-0.05, 0) is 62.6 Å². The molecule has 0 heterocycles. The Kier molecular flexibility index (Phi) is 17.5. The fourth-order valence-corrected chi connectivity index (χ4v) is 3.36. The van der Waals surface area contributed by atoms with E-state index in [0.717, 1.165) is 37.0 Å². The van der Waals surface area contributed by atoms with E-state index in [2.05, 4.69) is 48.1 Å². The third-order valence-corrected chi connectivity index (χ3v) is 5.52. The lowest BCUT2D eigenvalue weighted by atomic mass is 10.1. The Morgan fingerprint density at radius 3 is 2.29 bits per heavy atom. The average Bonchev–Trinajstić information content (AvgIpc) is 2.86. The van der Waals surface area contributed by atoms with Crippen LogP contribution in [0.25, 0.3) is 0 Å². The second-order valence-electron chi connectivity index (χ2n) is 8.35. The molecule has 0 fully saturated rings. The molecule has 0 saturated heterocycles. The fraction of sp³-hybridized carbons (Fsp3) is 0.552. The predicted molar refractivity (Wildman–Crippen MR) is 139 cm³/mol. The van der Waals surface area contributed by atoms with Gasteiger partial charge < -0.3 is 19.3 Å². The van der Waals surface area contributed by atoms with Gasteiger partial charge in [0.05, 0.1) is 33.0 Å². The summed E-state index contributed by atoms with van der Waals surface area (Å²) in [6, 6.07) is 7.80. The highest BCUT2D eigenvalue weighted by Crippen LogP contribution is 2.16. The van der Waals surface area contributed by atoms with Crippen molar-refractivity contribution in [2.24, 2.45) is 0 Å². The Morgan fingerprint density at radius 1 is 0.912 bits per heavy atom. The highest BCUT2D eigenvalue weighted by Gasteiger charge is 2.17. The molecule has 1 aromatic carbocycles. The summed E-state index contributed by atoms with van der Waals surface area (Å²) in [6.07, 6.45) is 20.6. The number of hydrogen-bond acceptors (Lipinski definition) is 5. The minimum Gasteiger partial charge on any atom is -0.497 e. The zero-order valence-corrected chi connectivity index (χ0v) is 21.3. The number of aliphatic hydroxyl groups is 1. The number of benzene rings is 1. The maximum Gasteiger partial charge on any atom is 0.305 e. The van der Waals surface area contributed by atoms with Crippen LogP contribution in [0.5, 0.6) is 5.75 Å². The Morgan fingerprint density at radius 2 is 1.59 bits per heavy atom.